The van der Waals surface area contributed by atoms with Crippen molar-refractivity contribution >= 4 is 41.7 Å². The number of thiophene rings is 1. The fourth-order valence-electron chi connectivity index (χ4n) is 3.99. The lowest BCUT2D eigenvalue weighted by molar-refractivity contribution is -0.143. The maximum atomic E-state index is 13.2. The van der Waals surface area contributed by atoms with E-state index in [2.05, 4.69) is 28.6 Å². The Morgan fingerprint density at radius 1 is 1.09 bits per heavy atom. The van der Waals surface area contributed by atoms with Crippen molar-refractivity contribution < 1.29 is 19.5 Å². The van der Waals surface area contributed by atoms with Crippen LogP contribution in [0.5, 0.6) is 0 Å². The first-order chi connectivity index (χ1) is 15.2. The molecule has 2 amide bonds. The molecule has 2 atom stereocenters. The number of thiol groups is 1. The summed E-state index contributed by atoms with van der Waals surface area (Å²) in [4.78, 5) is 37.7. The number of benzene rings is 1. The predicted octanol–water partition coefficient (Wildman–Crippen LogP) is 3.91. The fourth-order valence-corrected chi connectivity index (χ4v) is 4.72. The highest BCUT2D eigenvalue weighted by atomic mass is 32.1. The SMILES string of the molecule is CC(C)[C@H](S)C(=O)NC1(C(=O)NC(Cc2ccc(-c3ccsc3)cc2)C(=O)O)CCCC1. The minimum atomic E-state index is -1.10. The predicted molar refractivity (Wildman–Crippen MR) is 130 cm³/mol. The topological polar surface area (TPSA) is 95.5 Å². The van der Waals surface area contributed by atoms with Gasteiger partial charge in [-0.2, -0.15) is 24.0 Å². The zero-order chi connectivity index (χ0) is 23.3. The Bertz CT molecular complexity index is 935. The van der Waals surface area contributed by atoms with Crippen molar-refractivity contribution in [3.8, 4) is 11.1 Å². The van der Waals surface area contributed by atoms with Crippen LogP contribution in [0.3, 0.4) is 0 Å². The standard InChI is InChI=1S/C24H30N2O4S2/c1-15(2)20(31)21(27)26-24(10-3-4-11-24)23(30)25-19(22(28)29)13-16-5-7-17(8-6-16)18-9-12-32-14-18/h5-9,12,14-15,19-20,31H,3-4,10-11,13H2,1-2H3,(H,25,30)(H,26,27)(H,28,29)/t19?,20-/m0/s1. The largest absolute Gasteiger partial charge is 0.480 e. The number of nitrogens with one attached hydrogen (secondary N) is 2. The lowest BCUT2D eigenvalue weighted by Crippen LogP contribution is -2.61. The molecule has 1 fully saturated rings. The molecule has 32 heavy (non-hydrogen) atoms. The molecule has 0 aliphatic heterocycles. The zero-order valence-corrected chi connectivity index (χ0v) is 20.0. The fraction of sp³-hybridized carbons (Fsp3) is 0.458. The van der Waals surface area contributed by atoms with E-state index in [4.69, 9.17) is 0 Å². The molecule has 1 heterocycles. The van der Waals surface area contributed by atoms with E-state index in [-0.39, 0.29) is 18.2 Å². The van der Waals surface area contributed by atoms with Crippen molar-refractivity contribution in [3.63, 3.8) is 0 Å². The molecule has 0 radical (unpaired) electrons. The highest BCUT2D eigenvalue weighted by Gasteiger charge is 2.44. The molecule has 1 aliphatic carbocycles. The summed E-state index contributed by atoms with van der Waals surface area (Å²) in [6.45, 7) is 3.78. The third-order valence-corrected chi connectivity index (χ3v) is 7.52. The van der Waals surface area contributed by atoms with Crippen LogP contribution in [0.25, 0.3) is 11.1 Å². The highest BCUT2D eigenvalue weighted by Crippen LogP contribution is 2.31. The molecule has 0 spiro atoms. The lowest BCUT2D eigenvalue weighted by Gasteiger charge is -2.32. The number of carbonyl (C=O) groups is 3. The van der Waals surface area contributed by atoms with Crippen LogP contribution in [-0.4, -0.2) is 39.7 Å². The highest BCUT2D eigenvalue weighted by molar-refractivity contribution is 7.81. The van der Waals surface area contributed by atoms with Gasteiger partial charge in [-0.1, -0.05) is 51.0 Å². The molecule has 172 valence electrons. The van der Waals surface area contributed by atoms with Gasteiger partial charge < -0.3 is 15.7 Å². The van der Waals surface area contributed by atoms with Gasteiger partial charge in [0, 0.05) is 6.42 Å². The van der Waals surface area contributed by atoms with Crippen molar-refractivity contribution in [3.05, 3.63) is 46.7 Å². The number of carboxylic acid groups (broad SMARTS) is 1. The molecule has 8 heteroatoms. The van der Waals surface area contributed by atoms with E-state index >= 15 is 0 Å². The molecule has 3 N–H and O–H groups in total. The van der Waals surface area contributed by atoms with Crippen molar-refractivity contribution in [2.45, 2.75) is 62.8 Å². The van der Waals surface area contributed by atoms with Crippen molar-refractivity contribution in [1.82, 2.24) is 10.6 Å². The van der Waals surface area contributed by atoms with Gasteiger partial charge in [-0.3, -0.25) is 9.59 Å². The number of aliphatic carboxylic acids is 1. The second-order valence-electron chi connectivity index (χ2n) is 8.74. The summed E-state index contributed by atoms with van der Waals surface area (Å²) in [7, 11) is 0. The molecule has 6 nitrogen and oxygen atoms in total. The van der Waals surface area contributed by atoms with Crippen LogP contribution in [0.1, 0.15) is 45.1 Å². The Balaban J connectivity index is 1.70. The molecule has 1 aromatic carbocycles. The monoisotopic (exact) mass is 474 g/mol. The molecule has 3 rings (SSSR count). The summed E-state index contributed by atoms with van der Waals surface area (Å²) in [6.07, 6.45) is 2.74. The van der Waals surface area contributed by atoms with Crippen LogP contribution in [-0.2, 0) is 20.8 Å². The van der Waals surface area contributed by atoms with Gasteiger partial charge in [0.25, 0.3) is 0 Å². The Morgan fingerprint density at radius 3 is 2.28 bits per heavy atom. The van der Waals surface area contributed by atoms with E-state index in [1.807, 2.05) is 49.6 Å². The summed E-state index contributed by atoms with van der Waals surface area (Å²) in [5.41, 5.74) is 1.91. The van der Waals surface area contributed by atoms with E-state index in [0.717, 1.165) is 29.5 Å². The van der Waals surface area contributed by atoms with Gasteiger partial charge in [0.1, 0.15) is 11.6 Å². The summed E-state index contributed by atoms with van der Waals surface area (Å²) in [5, 5.41) is 18.8. The summed E-state index contributed by atoms with van der Waals surface area (Å²) in [6, 6.07) is 8.63. The second kappa shape index (κ2) is 10.5. The second-order valence-corrected chi connectivity index (χ2v) is 10.1. The number of rotatable bonds is 9. The van der Waals surface area contributed by atoms with Crippen LogP contribution >= 0.6 is 24.0 Å². The minimum absolute atomic E-state index is 0.0173. The van der Waals surface area contributed by atoms with Crippen LogP contribution < -0.4 is 10.6 Å². The number of carbonyl (C=O) groups excluding carboxylic acids is 2. The Hall–Kier alpha value is -2.32. The Kier molecular flexibility index (Phi) is 8.00. The molecule has 2 aromatic rings. The molecule has 0 bridgehead atoms. The average molecular weight is 475 g/mol. The first kappa shape index (κ1) is 24.3. The molecule has 1 aromatic heterocycles. The zero-order valence-electron chi connectivity index (χ0n) is 18.3. The van der Waals surface area contributed by atoms with Crippen LogP contribution in [0.15, 0.2) is 41.1 Å². The molecular weight excluding hydrogens is 444 g/mol. The lowest BCUT2D eigenvalue weighted by atomic mass is 9.94. The molecule has 1 unspecified atom stereocenters. The van der Waals surface area contributed by atoms with Gasteiger partial charge in [-0.15, -0.1) is 0 Å². The summed E-state index contributed by atoms with van der Waals surface area (Å²) in [5.74, 6) is -1.82. The van der Waals surface area contributed by atoms with E-state index < -0.39 is 28.7 Å². The summed E-state index contributed by atoms with van der Waals surface area (Å²) < 4.78 is 0. The van der Waals surface area contributed by atoms with Gasteiger partial charge in [-0.25, -0.2) is 4.79 Å². The quantitative estimate of drug-likeness (QED) is 0.415. The average Bonchev–Trinajstić information content (AvgIpc) is 3.46. The number of carboxylic acids is 1. The van der Waals surface area contributed by atoms with Gasteiger partial charge in [0.2, 0.25) is 11.8 Å². The van der Waals surface area contributed by atoms with Crippen molar-refractivity contribution in [2.24, 2.45) is 5.92 Å². The normalized spacial score (nSPS) is 17.0. The van der Waals surface area contributed by atoms with E-state index in [9.17, 15) is 19.5 Å². The van der Waals surface area contributed by atoms with E-state index in [1.165, 1.54) is 0 Å². The minimum Gasteiger partial charge on any atom is -0.480 e. The number of hydrogen-bond acceptors (Lipinski definition) is 5. The number of amides is 2. The van der Waals surface area contributed by atoms with Crippen molar-refractivity contribution in [1.29, 1.82) is 0 Å². The first-order valence-electron chi connectivity index (χ1n) is 10.9. The molecule has 0 saturated heterocycles. The molecule has 1 saturated carbocycles. The van der Waals surface area contributed by atoms with Gasteiger partial charge in [-0.05, 0) is 52.3 Å². The van der Waals surface area contributed by atoms with Gasteiger partial charge >= 0.3 is 5.97 Å². The van der Waals surface area contributed by atoms with Gasteiger partial charge in [0.05, 0.1) is 5.25 Å². The molecular formula is C24H30N2O4S2. The van der Waals surface area contributed by atoms with Gasteiger partial charge in [0.15, 0.2) is 0 Å². The Labute approximate surface area is 198 Å². The van der Waals surface area contributed by atoms with E-state index in [0.29, 0.717) is 12.8 Å². The van der Waals surface area contributed by atoms with E-state index in [1.54, 1.807) is 11.3 Å². The Morgan fingerprint density at radius 2 is 1.75 bits per heavy atom. The van der Waals surface area contributed by atoms with Crippen LogP contribution in [0.2, 0.25) is 0 Å². The summed E-state index contributed by atoms with van der Waals surface area (Å²) >= 11 is 5.98. The smallest absolute Gasteiger partial charge is 0.326 e. The van der Waals surface area contributed by atoms with Crippen LogP contribution in [0, 0.1) is 5.92 Å². The number of hydrogen-bond donors (Lipinski definition) is 4. The third-order valence-electron chi connectivity index (χ3n) is 6.01. The first-order valence-corrected chi connectivity index (χ1v) is 12.3. The molecule has 1 aliphatic rings. The third kappa shape index (κ3) is 5.72. The maximum absolute atomic E-state index is 13.2. The maximum Gasteiger partial charge on any atom is 0.326 e. The van der Waals surface area contributed by atoms with Crippen molar-refractivity contribution in [2.75, 3.05) is 0 Å². The van der Waals surface area contributed by atoms with Crippen LogP contribution in [0.4, 0.5) is 0 Å².